The third kappa shape index (κ3) is 6.35. The van der Waals surface area contributed by atoms with Crippen LogP contribution in [0.25, 0.3) is 11.5 Å². The number of aliphatic hydroxyl groups excluding tert-OH is 1. The Bertz CT molecular complexity index is 1280. The largest absolute Gasteiger partial charge is 0.394 e. The Kier molecular flexibility index (Phi) is 7.61. The van der Waals surface area contributed by atoms with Gasteiger partial charge in [0.15, 0.2) is 0 Å². The predicted octanol–water partition coefficient (Wildman–Crippen LogP) is 1.96. The van der Waals surface area contributed by atoms with Crippen molar-refractivity contribution in [1.82, 2.24) is 40.4 Å². The molecule has 12 nitrogen and oxygen atoms in total. The van der Waals surface area contributed by atoms with Crippen LogP contribution in [0.2, 0.25) is 0 Å². The second kappa shape index (κ2) is 10.9. The first kappa shape index (κ1) is 25.9. The number of fused-ring (bicyclic) bond motifs is 1. The van der Waals surface area contributed by atoms with Gasteiger partial charge < -0.3 is 20.6 Å². The Hall–Kier alpha value is -4.14. The number of halogens is 3. The smallest absolute Gasteiger partial charge is 0.390 e. The average Bonchev–Trinajstić information content (AvgIpc) is 3.37. The Labute approximate surface area is 208 Å². The minimum Gasteiger partial charge on any atom is -0.394 e. The summed E-state index contributed by atoms with van der Waals surface area (Å²) in [7, 11) is 0. The van der Waals surface area contributed by atoms with Crippen molar-refractivity contribution < 1.29 is 27.9 Å². The molecule has 1 aliphatic rings. The molecule has 4 rings (SSSR count). The highest BCUT2D eigenvalue weighted by molar-refractivity contribution is 6.02. The van der Waals surface area contributed by atoms with Gasteiger partial charge in [-0.15, -0.1) is 5.10 Å². The second-order valence-corrected chi connectivity index (χ2v) is 8.45. The van der Waals surface area contributed by atoms with E-state index in [1.165, 1.54) is 9.58 Å². The molecule has 0 radical (unpaired) electrons. The summed E-state index contributed by atoms with van der Waals surface area (Å²) in [6.45, 7) is 1.51. The Morgan fingerprint density at radius 1 is 1.24 bits per heavy atom. The summed E-state index contributed by atoms with van der Waals surface area (Å²) in [4.78, 5) is 35.1. The van der Waals surface area contributed by atoms with Crippen LogP contribution >= 0.6 is 0 Å². The zero-order valence-electron chi connectivity index (χ0n) is 19.7. The van der Waals surface area contributed by atoms with Crippen LogP contribution in [0.5, 0.6) is 0 Å². The van der Waals surface area contributed by atoms with Gasteiger partial charge in [-0.1, -0.05) is 6.07 Å². The highest BCUT2D eigenvalue weighted by atomic mass is 19.4. The molecule has 1 aliphatic heterocycles. The van der Waals surface area contributed by atoms with Gasteiger partial charge in [-0.2, -0.15) is 13.2 Å². The van der Waals surface area contributed by atoms with E-state index in [0.717, 1.165) is 5.56 Å². The second-order valence-electron chi connectivity index (χ2n) is 8.45. The Balaban J connectivity index is 1.43. The van der Waals surface area contributed by atoms with Gasteiger partial charge in [0.05, 0.1) is 19.1 Å². The topological polar surface area (TPSA) is 151 Å². The summed E-state index contributed by atoms with van der Waals surface area (Å²) in [5.41, 5.74) is 2.00. The van der Waals surface area contributed by atoms with Gasteiger partial charge in [-0.3, -0.25) is 9.78 Å². The van der Waals surface area contributed by atoms with Crippen molar-refractivity contribution in [3.8, 4) is 11.5 Å². The fourth-order valence-electron chi connectivity index (χ4n) is 3.70. The number of rotatable bonds is 7. The molecule has 1 atom stereocenters. The molecule has 37 heavy (non-hydrogen) atoms. The first-order chi connectivity index (χ1) is 17.6. The van der Waals surface area contributed by atoms with Gasteiger partial charge in [0, 0.05) is 25.8 Å². The van der Waals surface area contributed by atoms with Crippen LogP contribution in [0.1, 0.15) is 41.0 Å². The lowest BCUT2D eigenvalue weighted by molar-refractivity contribution is -0.133. The molecule has 3 aromatic rings. The third-order valence-electron chi connectivity index (χ3n) is 5.69. The lowest BCUT2D eigenvalue weighted by Crippen LogP contribution is -2.43. The summed E-state index contributed by atoms with van der Waals surface area (Å²) in [5, 5.41) is 25.8. The molecule has 3 amide bonds. The van der Waals surface area contributed by atoms with Crippen LogP contribution in [-0.2, 0) is 13.0 Å². The van der Waals surface area contributed by atoms with Crippen LogP contribution in [0.3, 0.4) is 0 Å². The van der Waals surface area contributed by atoms with Crippen molar-refractivity contribution in [2.45, 2.75) is 38.5 Å². The molecule has 3 aromatic heterocycles. The number of aromatic nitrogens is 6. The maximum atomic E-state index is 12.9. The maximum Gasteiger partial charge on any atom is 0.390 e. The minimum absolute atomic E-state index is 0.0871. The molecule has 0 saturated carbocycles. The monoisotopic (exact) mass is 519 g/mol. The van der Waals surface area contributed by atoms with Gasteiger partial charge in [-0.05, 0) is 53.1 Å². The van der Waals surface area contributed by atoms with E-state index in [9.17, 15) is 27.9 Å². The van der Waals surface area contributed by atoms with Gasteiger partial charge in [0.2, 0.25) is 5.82 Å². The van der Waals surface area contributed by atoms with Crippen LogP contribution < -0.4 is 10.6 Å². The van der Waals surface area contributed by atoms with E-state index in [2.05, 4.69) is 36.1 Å². The number of urea groups is 1. The number of aliphatic hydroxyl groups is 1. The molecule has 0 aromatic carbocycles. The Morgan fingerprint density at radius 2 is 2.05 bits per heavy atom. The molecule has 0 spiro atoms. The van der Waals surface area contributed by atoms with Crippen LogP contribution in [0, 0.1) is 0 Å². The summed E-state index contributed by atoms with van der Waals surface area (Å²) in [5.74, 6) is -0.000400. The lowest BCUT2D eigenvalue weighted by Gasteiger charge is -2.29. The molecular formula is C22H24F3N9O3. The van der Waals surface area contributed by atoms with Crippen LogP contribution in [-0.4, -0.2) is 78.0 Å². The molecule has 196 valence electrons. The van der Waals surface area contributed by atoms with Crippen LogP contribution in [0.15, 0.2) is 30.5 Å². The first-order valence-electron chi connectivity index (χ1n) is 11.4. The number of hydrogen-bond acceptors (Lipinski definition) is 8. The molecule has 0 saturated heterocycles. The van der Waals surface area contributed by atoms with Crippen molar-refractivity contribution in [3.05, 3.63) is 47.3 Å². The van der Waals surface area contributed by atoms with E-state index in [0.29, 0.717) is 30.0 Å². The zero-order chi connectivity index (χ0) is 26.6. The van der Waals surface area contributed by atoms with Crippen molar-refractivity contribution in [2.24, 2.45) is 0 Å². The molecule has 15 heteroatoms. The number of nitrogens with one attached hydrogen (secondary N) is 2. The predicted molar refractivity (Wildman–Crippen MR) is 123 cm³/mol. The molecule has 0 aliphatic carbocycles. The highest BCUT2D eigenvalue weighted by Crippen LogP contribution is 2.22. The van der Waals surface area contributed by atoms with E-state index >= 15 is 0 Å². The van der Waals surface area contributed by atoms with Crippen molar-refractivity contribution >= 4 is 17.8 Å². The molecule has 0 unspecified atom stereocenters. The van der Waals surface area contributed by atoms with E-state index in [4.69, 9.17) is 0 Å². The summed E-state index contributed by atoms with van der Waals surface area (Å²) in [6, 6.07) is 5.47. The lowest BCUT2D eigenvalue weighted by atomic mass is 10.0. The number of nitrogens with zero attached hydrogens (tertiary/aromatic N) is 7. The fourth-order valence-corrected chi connectivity index (χ4v) is 3.70. The van der Waals surface area contributed by atoms with Gasteiger partial charge in [-0.25, -0.2) is 14.5 Å². The molecule has 0 bridgehead atoms. The Morgan fingerprint density at radius 3 is 2.81 bits per heavy atom. The van der Waals surface area contributed by atoms with E-state index in [1.807, 2.05) is 0 Å². The van der Waals surface area contributed by atoms with E-state index in [1.54, 1.807) is 37.4 Å². The SMILES string of the molecule is C[C@H](CO)n1nnnc1-c1cccc(NC(=O)c2cc3c(cn2)CCN(C(=O)NCCC(F)(F)F)C3)n1. The number of amides is 3. The third-order valence-corrected chi connectivity index (χ3v) is 5.69. The van der Waals surface area contributed by atoms with Gasteiger partial charge in [0.25, 0.3) is 5.91 Å². The fraction of sp³-hybridized carbons (Fsp3) is 0.409. The number of tetrazole rings is 1. The maximum absolute atomic E-state index is 12.9. The summed E-state index contributed by atoms with van der Waals surface area (Å²) < 4.78 is 38.5. The van der Waals surface area contributed by atoms with Gasteiger partial charge in [0.1, 0.15) is 17.2 Å². The average molecular weight is 519 g/mol. The first-order valence-corrected chi connectivity index (χ1v) is 11.4. The highest BCUT2D eigenvalue weighted by Gasteiger charge is 2.28. The number of pyridine rings is 2. The number of anilines is 1. The van der Waals surface area contributed by atoms with Gasteiger partial charge >= 0.3 is 12.2 Å². The zero-order valence-corrected chi connectivity index (χ0v) is 19.7. The van der Waals surface area contributed by atoms with E-state index in [-0.39, 0.29) is 30.7 Å². The summed E-state index contributed by atoms with van der Waals surface area (Å²) >= 11 is 0. The molecule has 0 fully saturated rings. The normalized spacial score (nSPS) is 14.1. The number of carbonyl (C=O) groups excluding carboxylic acids is 2. The minimum atomic E-state index is -4.35. The number of carbonyl (C=O) groups is 2. The summed E-state index contributed by atoms with van der Waals surface area (Å²) in [6.07, 6.45) is -3.45. The molecule has 4 heterocycles. The van der Waals surface area contributed by atoms with Crippen LogP contribution in [0.4, 0.5) is 23.8 Å². The van der Waals surface area contributed by atoms with Crippen molar-refractivity contribution in [1.29, 1.82) is 0 Å². The molecule has 3 N–H and O–H groups in total. The number of alkyl halides is 3. The quantitative estimate of drug-likeness (QED) is 0.429. The molecular weight excluding hydrogens is 495 g/mol. The van der Waals surface area contributed by atoms with Crippen molar-refractivity contribution in [2.75, 3.05) is 25.0 Å². The number of hydrogen-bond donors (Lipinski definition) is 3. The van der Waals surface area contributed by atoms with E-state index < -0.39 is 31.1 Å². The van der Waals surface area contributed by atoms with Crippen molar-refractivity contribution in [3.63, 3.8) is 0 Å². The standard InChI is InChI=1S/C22H24F3N9O3/c1-13(12-35)34-19(30-31-32-34)16-3-2-4-18(28-16)29-20(36)17-9-15-11-33(8-5-14(15)10-27-17)21(37)26-7-6-22(23,24)25/h2-4,9-10,13,35H,5-8,11-12H2,1H3,(H,26,37)(H,28,29,36)/t13-/m1/s1.